The molecule has 0 saturated heterocycles. The van der Waals surface area contributed by atoms with Crippen LogP contribution < -0.4 is 11.1 Å². The Morgan fingerprint density at radius 3 is 2.90 bits per heavy atom. The van der Waals surface area contributed by atoms with Crippen molar-refractivity contribution >= 4 is 62.0 Å². The van der Waals surface area contributed by atoms with Gasteiger partial charge in [0, 0.05) is 18.0 Å². The summed E-state index contributed by atoms with van der Waals surface area (Å²) in [6.45, 7) is 0.710. The Hall–Kier alpha value is -2.39. The lowest BCUT2D eigenvalue weighted by molar-refractivity contribution is -0.142. The molecule has 29 heavy (non-hydrogen) atoms. The van der Waals surface area contributed by atoms with Crippen molar-refractivity contribution < 1.29 is 9.90 Å². The van der Waals surface area contributed by atoms with E-state index >= 15 is 0 Å². The van der Waals surface area contributed by atoms with Gasteiger partial charge in [0.15, 0.2) is 5.65 Å². The van der Waals surface area contributed by atoms with Crippen LogP contribution in [0.5, 0.6) is 0 Å². The van der Waals surface area contributed by atoms with Gasteiger partial charge in [-0.2, -0.15) is 9.61 Å². The number of carboxylic acids is 1. The van der Waals surface area contributed by atoms with E-state index in [1.54, 1.807) is 15.9 Å². The Kier molecular flexibility index (Phi) is 4.59. The first-order valence-corrected chi connectivity index (χ1v) is 11.3. The number of aromatic nitrogens is 3. The predicted octanol–water partition coefficient (Wildman–Crippen LogP) is 4.46. The number of fused-ring (bicyclic) bond motifs is 2. The molecule has 1 fully saturated rings. The lowest BCUT2D eigenvalue weighted by atomic mass is 9.80. The average molecular weight is 474 g/mol. The number of thiophene rings is 1. The third kappa shape index (κ3) is 3.12. The zero-order valence-corrected chi connectivity index (χ0v) is 18.0. The van der Waals surface area contributed by atoms with Crippen LogP contribution in [0.3, 0.4) is 0 Å². The van der Waals surface area contributed by atoms with E-state index < -0.39 is 5.97 Å². The molecule has 1 aliphatic carbocycles. The molecule has 0 bridgehead atoms. The van der Waals surface area contributed by atoms with Crippen LogP contribution in [-0.2, 0) is 4.79 Å². The normalized spacial score (nSPS) is 21.5. The van der Waals surface area contributed by atoms with Gasteiger partial charge in [-0.15, -0.1) is 11.3 Å². The van der Waals surface area contributed by atoms with Crippen molar-refractivity contribution in [2.24, 2.45) is 5.92 Å². The number of nitrogen functional groups attached to an aromatic ring is 1. The molecule has 3 aromatic heterocycles. The maximum atomic E-state index is 11.3. The summed E-state index contributed by atoms with van der Waals surface area (Å²) in [4.78, 5) is 17.4. The van der Waals surface area contributed by atoms with Gasteiger partial charge in [0.05, 0.1) is 32.8 Å². The molecule has 1 saturated carbocycles. The molecule has 7 nitrogen and oxygen atoms in total. The summed E-state index contributed by atoms with van der Waals surface area (Å²) in [5, 5.41) is 19.3. The van der Waals surface area contributed by atoms with Crippen LogP contribution >= 0.6 is 27.3 Å². The Morgan fingerprint density at radius 2 is 2.14 bits per heavy atom. The summed E-state index contributed by atoms with van der Waals surface area (Å²) < 4.78 is 2.44. The molecule has 0 spiro atoms. The van der Waals surface area contributed by atoms with E-state index in [4.69, 9.17) is 10.7 Å². The highest BCUT2D eigenvalue weighted by molar-refractivity contribution is 9.10. The molecule has 0 unspecified atom stereocenters. The fraction of sp³-hybridized carbons (Fsp3) is 0.350. The number of carboxylic acid groups (broad SMARTS) is 1. The number of hydrogen-bond acceptors (Lipinski definition) is 6. The Morgan fingerprint density at radius 1 is 1.34 bits per heavy atom. The largest absolute Gasteiger partial charge is 0.481 e. The van der Waals surface area contributed by atoms with Crippen molar-refractivity contribution in [2.45, 2.75) is 31.6 Å². The van der Waals surface area contributed by atoms with Gasteiger partial charge in [0.25, 0.3) is 0 Å². The van der Waals surface area contributed by atoms with E-state index in [1.165, 1.54) is 4.88 Å². The van der Waals surface area contributed by atoms with Crippen LogP contribution in [0.1, 0.15) is 47.7 Å². The molecular weight excluding hydrogens is 454 g/mol. The van der Waals surface area contributed by atoms with E-state index in [0.29, 0.717) is 25.2 Å². The van der Waals surface area contributed by atoms with E-state index in [-0.39, 0.29) is 11.8 Å². The second kappa shape index (κ2) is 7.14. The van der Waals surface area contributed by atoms with Crippen molar-refractivity contribution in [2.75, 3.05) is 17.6 Å². The fourth-order valence-electron chi connectivity index (χ4n) is 4.28. The summed E-state index contributed by atoms with van der Waals surface area (Å²) in [7, 11) is 0. The molecular formula is C20H20BrN5O2S. The Bertz CT molecular complexity index is 1140. The highest BCUT2D eigenvalue weighted by atomic mass is 79.9. The Labute approximate surface area is 179 Å². The molecule has 4 heterocycles. The molecule has 9 heteroatoms. The predicted molar refractivity (Wildman–Crippen MR) is 118 cm³/mol. The van der Waals surface area contributed by atoms with Crippen LogP contribution in [0, 0.1) is 5.92 Å². The van der Waals surface area contributed by atoms with Crippen LogP contribution in [0.4, 0.5) is 11.5 Å². The van der Waals surface area contributed by atoms with Crippen molar-refractivity contribution in [1.29, 1.82) is 0 Å². The number of nitrogens with two attached hydrogens (primary N) is 1. The number of aliphatic carboxylic acids is 1. The van der Waals surface area contributed by atoms with E-state index in [0.717, 1.165) is 45.5 Å². The highest BCUT2D eigenvalue weighted by Gasteiger charge is 2.30. The van der Waals surface area contributed by atoms with Crippen LogP contribution in [0.2, 0.25) is 0 Å². The monoisotopic (exact) mass is 473 g/mol. The first kappa shape index (κ1) is 18.6. The highest BCUT2D eigenvalue weighted by Crippen LogP contribution is 2.41. The topological polar surface area (TPSA) is 106 Å². The maximum absolute atomic E-state index is 11.3. The molecule has 3 aromatic rings. The molecule has 150 valence electrons. The average Bonchev–Trinajstić information content (AvgIpc) is 3.37. The maximum Gasteiger partial charge on any atom is 0.306 e. The number of nitrogens with zero attached hydrogens (tertiary/aromatic N) is 3. The lowest BCUT2D eigenvalue weighted by Crippen LogP contribution is -2.21. The van der Waals surface area contributed by atoms with Gasteiger partial charge < -0.3 is 16.2 Å². The first-order valence-electron chi connectivity index (χ1n) is 9.60. The molecule has 4 N–H and O–H groups in total. The van der Waals surface area contributed by atoms with Crippen molar-refractivity contribution in [3.05, 3.63) is 38.3 Å². The summed E-state index contributed by atoms with van der Waals surface area (Å²) >= 11 is 5.31. The minimum Gasteiger partial charge on any atom is -0.481 e. The lowest BCUT2D eigenvalue weighted by Gasteiger charge is -2.26. The number of rotatable bonds is 3. The third-order valence-electron chi connectivity index (χ3n) is 5.93. The molecule has 2 aliphatic rings. The first-order chi connectivity index (χ1) is 14.0. The van der Waals surface area contributed by atoms with E-state index in [2.05, 4.69) is 43.9 Å². The van der Waals surface area contributed by atoms with Gasteiger partial charge in [0.2, 0.25) is 0 Å². The Balaban J connectivity index is 1.55. The van der Waals surface area contributed by atoms with Crippen molar-refractivity contribution in [3.8, 4) is 0 Å². The number of anilines is 2. The van der Waals surface area contributed by atoms with Crippen LogP contribution in [0.15, 0.2) is 22.1 Å². The third-order valence-corrected chi connectivity index (χ3v) is 7.60. The van der Waals surface area contributed by atoms with Crippen LogP contribution in [0.25, 0.3) is 17.3 Å². The second-order valence-electron chi connectivity index (χ2n) is 7.60. The number of halogens is 1. The standard InChI is InChI=1S/C20H20BrN5O2S/c21-16-17(10-1-3-11(4-2-10)20(27)28)25-19-13(9-24-26(19)18(16)22)12-7-15-14(23-8-12)5-6-29-15/h5-7,9-11,23H,1-4,8,22H2,(H,27,28). The van der Waals surface area contributed by atoms with Gasteiger partial charge in [-0.1, -0.05) is 0 Å². The molecule has 0 amide bonds. The summed E-state index contributed by atoms with van der Waals surface area (Å²) in [6, 6.07) is 2.09. The zero-order valence-electron chi connectivity index (χ0n) is 15.6. The summed E-state index contributed by atoms with van der Waals surface area (Å²) in [6.07, 6.45) is 6.94. The van der Waals surface area contributed by atoms with Gasteiger partial charge >= 0.3 is 5.97 Å². The minimum absolute atomic E-state index is 0.192. The number of hydrogen-bond donors (Lipinski definition) is 3. The molecule has 0 radical (unpaired) electrons. The van der Waals surface area contributed by atoms with E-state index in [9.17, 15) is 9.90 Å². The van der Waals surface area contributed by atoms with Gasteiger partial charge in [-0.05, 0) is 64.7 Å². The second-order valence-corrected chi connectivity index (χ2v) is 9.34. The van der Waals surface area contributed by atoms with Gasteiger partial charge in [0.1, 0.15) is 5.82 Å². The van der Waals surface area contributed by atoms with Gasteiger partial charge in [-0.25, -0.2) is 4.98 Å². The summed E-state index contributed by atoms with van der Waals surface area (Å²) in [5.41, 5.74) is 11.3. The van der Waals surface area contributed by atoms with E-state index in [1.807, 2.05) is 6.20 Å². The molecule has 0 atom stereocenters. The molecule has 1 aliphatic heterocycles. The molecule has 5 rings (SSSR count). The van der Waals surface area contributed by atoms with Crippen molar-refractivity contribution in [3.63, 3.8) is 0 Å². The number of nitrogens with one attached hydrogen (secondary N) is 1. The fourth-order valence-corrected chi connectivity index (χ4v) is 5.68. The van der Waals surface area contributed by atoms with Gasteiger partial charge in [-0.3, -0.25) is 4.79 Å². The zero-order chi connectivity index (χ0) is 20.1. The number of carbonyl (C=O) groups is 1. The molecule has 0 aromatic carbocycles. The summed E-state index contributed by atoms with van der Waals surface area (Å²) in [5.74, 6) is -0.238. The van der Waals surface area contributed by atoms with Crippen molar-refractivity contribution in [1.82, 2.24) is 14.6 Å². The minimum atomic E-state index is -0.701. The quantitative estimate of drug-likeness (QED) is 0.518. The SMILES string of the molecule is Nc1c(Br)c(C2CCC(C(=O)O)CC2)nc2c(C3=Cc4sccc4NC3)cnn12. The smallest absolute Gasteiger partial charge is 0.306 e. The van der Waals surface area contributed by atoms with Crippen LogP contribution in [-0.4, -0.2) is 32.2 Å².